The van der Waals surface area contributed by atoms with Gasteiger partial charge in [0.15, 0.2) is 0 Å². The number of hydrogen-bond donors (Lipinski definition) is 1. The standard InChI is InChI=1S/C24H32ClN3O2/c25-10-1-2-24(29)27-20-6-3-17(4-7-20)9-11-28-14-19-16-30-23-8-5-18(13-26)12-21(23)22(19)15-28/h5,8,12,17,19-20,22H,1-4,6-7,9-11,14-16H2,(H,27,29)/t17?,19-,20?,22+/m0/s1. The Morgan fingerprint density at radius 3 is 2.87 bits per heavy atom. The van der Waals surface area contributed by atoms with Crippen molar-refractivity contribution in [1.29, 1.82) is 5.26 Å². The molecule has 1 amide bonds. The monoisotopic (exact) mass is 429 g/mol. The maximum atomic E-state index is 11.9. The van der Waals surface area contributed by atoms with Gasteiger partial charge in [0, 0.05) is 48.8 Å². The fraction of sp³-hybridized carbons (Fsp3) is 0.667. The molecule has 30 heavy (non-hydrogen) atoms. The average Bonchev–Trinajstić information content (AvgIpc) is 3.20. The minimum Gasteiger partial charge on any atom is -0.493 e. The zero-order valence-electron chi connectivity index (χ0n) is 17.6. The second-order valence-corrected chi connectivity index (χ2v) is 9.55. The van der Waals surface area contributed by atoms with Gasteiger partial charge >= 0.3 is 0 Å². The van der Waals surface area contributed by atoms with Gasteiger partial charge in [-0.05, 0) is 69.2 Å². The van der Waals surface area contributed by atoms with E-state index in [-0.39, 0.29) is 5.91 Å². The summed E-state index contributed by atoms with van der Waals surface area (Å²) < 4.78 is 5.97. The van der Waals surface area contributed by atoms with Crippen molar-refractivity contribution in [2.24, 2.45) is 11.8 Å². The predicted molar refractivity (Wildman–Crippen MR) is 118 cm³/mol. The number of carbonyl (C=O) groups is 1. The Morgan fingerprint density at radius 2 is 2.10 bits per heavy atom. The number of nitriles is 1. The van der Waals surface area contributed by atoms with Gasteiger partial charge in [-0.1, -0.05) is 0 Å². The van der Waals surface area contributed by atoms with Gasteiger partial charge in [-0.2, -0.15) is 5.26 Å². The van der Waals surface area contributed by atoms with Crippen LogP contribution >= 0.6 is 11.6 Å². The molecule has 0 unspecified atom stereocenters. The Labute approximate surface area is 184 Å². The molecule has 1 saturated heterocycles. The molecular weight excluding hydrogens is 398 g/mol. The molecule has 6 heteroatoms. The molecule has 0 spiro atoms. The molecule has 3 aliphatic rings. The van der Waals surface area contributed by atoms with Crippen molar-refractivity contribution in [1.82, 2.24) is 10.2 Å². The van der Waals surface area contributed by atoms with Crippen LogP contribution in [0.2, 0.25) is 0 Å². The summed E-state index contributed by atoms with van der Waals surface area (Å²) in [6.07, 6.45) is 7.15. The summed E-state index contributed by atoms with van der Waals surface area (Å²) in [7, 11) is 0. The molecule has 1 aliphatic carbocycles. The van der Waals surface area contributed by atoms with E-state index < -0.39 is 0 Å². The molecule has 5 nitrogen and oxygen atoms in total. The first-order valence-corrected chi connectivity index (χ1v) is 11.9. The number of likely N-dealkylation sites (tertiary alicyclic amines) is 1. The Bertz CT molecular complexity index is 785. The van der Waals surface area contributed by atoms with Gasteiger partial charge in [-0.25, -0.2) is 0 Å². The van der Waals surface area contributed by atoms with Crippen LogP contribution in [0.1, 0.15) is 62.0 Å². The van der Waals surface area contributed by atoms with Crippen LogP contribution in [-0.4, -0.2) is 49.0 Å². The van der Waals surface area contributed by atoms with Crippen molar-refractivity contribution in [2.45, 2.75) is 56.9 Å². The van der Waals surface area contributed by atoms with Gasteiger partial charge in [0.1, 0.15) is 5.75 Å². The zero-order valence-corrected chi connectivity index (χ0v) is 18.4. The van der Waals surface area contributed by atoms with E-state index in [0.717, 1.165) is 62.7 Å². The topological polar surface area (TPSA) is 65.4 Å². The summed E-state index contributed by atoms with van der Waals surface area (Å²) in [6.45, 7) is 4.08. The third-order valence-electron chi connectivity index (χ3n) is 7.11. The summed E-state index contributed by atoms with van der Waals surface area (Å²) in [5.74, 6) is 3.45. The highest BCUT2D eigenvalue weighted by Gasteiger charge is 2.38. The molecule has 1 N–H and O–H groups in total. The van der Waals surface area contributed by atoms with Gasteiger partial charge in [0.25, 0.3) is 0 Å². The molecule has 0 aromatic heterocycles. The SMILES string of the molecule is N#Cc1ccc2c(c1)[C@@H]1CN(CCC3CCC(NC(=O)CCCCl)CC3)C[C@H]1CO2. The van der Waals surface area contributed by atoms with Crippen LogP contribution in [0.3, 0.4) is 0 Å². The quantitative estimate of drug-likeness (QED) is 0.664. The number of halogens is 1. The molecule has 4 rings (SSSR count). The lowest BCUT2D eigenvalue weighted by molar-refractivity contribution is -0.122. The van der Waals surface area contributed by atoms with E-state index >= 15 is 0 Å². The normalized spacial score (nSPS) is 28.1. The molecule has 2 aliphatic heterocycles. The average molecular weight is 430 g/mol. The third kappa shape index (κ3) is 5.10. The first-order chi connectivity index (χ1) is 14.7. The van der Waals surface area contributed by atoms with Crippen molar-refractivity contribution >= 4 is 17.5 Å². The first kappa shape index (κ1) is 21.5. The molecule has 1 aromatic carbocycles. The van der Waals surface area contributed by atoms with E-state index in [2.05, 4.69) is 16.3 Å². The van der Waals surface area contributed by atoms with Crippen molar-refractivity contribution in [3.63, 3.8) is 0 Å². The van der Waals surface area contributed by atoms with E-state index in [1.54, 1.807) is 0 Å². The van der Waals surface area contributed by atoms with Gasteiger partial charge in [-0.15, -0.1) is 11.6 Å². The number of alkyl halides is 1. The Balaban J connectivity index is 1.22. The van der Waals surface area contributed by atoms with E-state index in [1.807, 2.05) is 18.2 Å². The van der Waals surface area contributed by atoms with Crippen LogP contribution in [0.25, 0.3) is 0 Å². The summed E-state index contributed by atoms with van der Waals surface area (Å²) in [4.78, 5) is 14.5. The molecular formula is C24H32ClN3O2. The van der Waals surface area contributed by atoms with Crippen LogP contribution in [0.5, 0.6) is 5.75 Å². The lowest BCUT2D eigenvalue weighted by Crippen LogP contribution is -2.38. The number of benzene rings is 1. The number of rotatable bonds is 7. The van der Waals surface area contributed by atoms with Crippen molar-refractivity contribution in [2.75, 3.05) is 32.1 Å². The first-order valence-electron chi connectivity index (χ1n) is 11.4. The molecule has 2 heterocycles. The van der Waals surface area contributed by atoms with Crippen LogP contribution in [0.4, 0.5) is 0 Å². The summed E-state index contributed by atoms with van der Waals surface area (Å²) in [6, 6.07) is 8.44. The molecule has 162 valence electrons. The van der Waals surface area contributed by atoms with Crippen LogP contribution in [-0.2, 0) is 4.79 Å². The van der Waals surface area contributed by atoms with Crippen molar-refractivity contribution in [3.8, 4) is 11.8 Å². The second kappa shape index (κ2) is 10.0. The number of hydrogen-bond acceptors (Lipinski definition) is 4. The smallest absolute Gasteiger partial charge is 0.220 e. The van der Waals surface area contributed by atoms with Crippen LogP contribution in [0.15, 0.2) is 18.2 Å². The molecule has 0 radical (unpaired) electrons. The minimum atomic E-state index is 0.154. The Hall–Kier alpha value is -1.77. The molecule has 1 aromatic rings. The lowest BCUT2D eigenvalue weighted by atomic mass is 9.84. The third-order valence-corrected chi connectivity index (χ3v) is 7.38. The van der Waals surface area contributed by atoms with Gasteiger partial charge in [0.05, 0.1) is 18.2 Å². The number of amides is 1. The van der Waals surface area contributed by atoms with E-state index in [9.17, 15) is 10.1 Å². The summed E-state index contributed by atoms with van der Waals surface area (Å²) in [5, 5.41) is 12.4. The fourth-order valence-corrected chi connectivity index (χ4v) is 5.52. The van der Waals surface area contributed by atoms with Gasteiger partial charge in [-0.3, -0.25) is 4.79 Å². The highest BCUT2D eigenvalue weighted by atomic mass is 35.5. The minimum absolute atomic E-state index is 0.154. The maximum Gasteiger partial charge on any atom is 0.220 e. The van der Waals surface area contributed by atoms with Crippen molar-refractivity contribution < 1.29 is 9.53 Å². The van der Waals surface area contributed by atoms with E-state index in [1.165, 1.54) is 24.8 Å². The fourth-order valence-electron chi connectivity index (χ4n) is 5.39. The second-order valence-electron chi connectivity index (χ2n) is 9.17. The van der Waals surface area contributed by atoms with Crippen LogP contribution in [0, 0.1) is 23.2 Å². The largest absolute Gasteiger partial charge is 0.493 e. The van der Waals surface area contributed by atoms with Crippen molar-refractivity contribution in [3.05, 3.63) is 29.3 Å². The predicted octanol–water partition coefficient (Wildman–Crippen LogP) is 4.05. The lowest BCUT2D eigenvalue weighted by Gasteiger charge is -2.30. The van der Waals surface area contributed by atoms with Gasteiger partial charge in [0.2, 0.25) is 5.91 Å². The molecule has 0 bridgehead atoms. The molecule has 1 saturated carbocycles. The van der Waals surface area contributed by atoms with E-state index in [4.69, 9.17) is 16.3 Å². The highest BCUT2D eigenvalue weighted by molar-refractivity contribution is 6.17. The number of carbonyl (C=O) groups excluding carboxylic acids is 1. The zero-order chi connectivity index (χ0) is 20.9. The number of nitrogens with zero attached hydrogens (tertiary/aromatic N) is 2. The Kier molecular flexibility index (Phi) is 7.17. The summed E-state index contributed by atoms with van der Waals surface area (Å²) in [5.41, 5.74) is 1.95. The number of ether oxygens (including phenoxy) is 1. The summed E-state index contributed by atoms with van der Waals surface area (Å²) >= 11 is 5.67. The highest BCUT2D eigenvalue weighted by Crippen LogP contribution is 2.42. The van der Waals surface area contributed by atoms with E-state index in [0.29, 0.717) is 30.2 Å². The maximum absolute atomic E-state index is 11.9. The number of nitrogens with one attached hydrogen (secondary N) is 1. The molecule has 2 fully saturated rings. The Morgan fingerprint density at radius 1 is 1.27 bits per heavy atom. The molecule has 2 atom stereocenters. The number of fused-ring (bicyclic) bond motifs is 3. The van der Waals surface area contributed by atoms with Crippen LogP contribution < -0.4 is 10.1 Å². The van der Waals surface area contributed by atoms with Gasteiger partial charge < -0.3 is 15.0 Å².